The van der Waals surface area contributed by atoms with Gasteiger partial charge >= 0.3 is 0 Å². The lowest BCUT2D eigenvalue weighted by atomic mass is 9.92. The smallest absolute Gasteiger partial charge is 0.126 e. The fraction of sp³-hybridized carbons (Fsp3) is 0.292. The number of allylic oxidation sites excluding steroid dienone is 3. The molecule has 2 aromatic carbocycles. The number of nitrogen functional groups attached to an aromatic ring is 1. The standard InChI is InChI=1S/C24H30FN3O2/c1-17-12-18(5-6-23(17)25)13-19(4-2-8-26)21-14-20(7-11-30-10-3-9-29)24(28)22(15-21)16-27/h2,4-6,8,12,14-16,27,29H,3,7,9-11,13,26,28H2,1H3/b8-2-,19-4+,27-16?. The molecule has 160 valence electrons. The molecule has 0 saturated heterocycles. The minimum Gasteiger partial charge on any atom is -0.405 e. The Labute approximate surface area is 177 Å². The van der Waals surface area contributed by atoms with Gasteiger partial charge in [0, 0.05) is 30.7 Å². The van der Waals surface area contributed by atoms with E-state index in [1.807, 2.05) is 24.3 Å². The quantitative estimate of drug-likeness (QED) is 0.196. The van der Waals surface area contributed by atoms with Gasteiger partial charge in [-0.05, 0) is 84.5 Å². The minimum absolute atomic E-state index is 0.0985. The number of aliphatic hydroxyl groups excluding tert-OH is 1. The summed E-state index contributed by atoms with van der Waals surface area (Å²) in [5.74, 6) is -0.229. The van der Waals surface area contributed by atoms with Crippen LogP contribution in [0.15, 0.2) is 48.7 Å². The maximum absolute atomic E-state index is 13.6. The van der Waals surface area contributed by atoms with Crippen LogP contribution in [0.2, 0.25) is 0 Å². The van der Waals surface area contributed by atoms with Gasteiger partial charge in [-0.3, -0.25) is 0 Å². The number of ether oxygens (including phenoxy) is 1. The molecule has 0 spiro atoms. The summed E-state index contributed by atoms with van der Waals surface area (Å²) in [7, 11) is 0. The van der Waals surface area contributed by atoms with E-state index in [-0.39, 0.29) is 12.4 Å². The van der Waals surface area contributed by atoms with Gasteiger partial charge in [-0.1, -0.05) is 18.2 Å². The Hall–Kier alpha value is -2.96. The minimum atomic E-state index is -0.229. The predicted octanol–water partition coefficient (Wildman–Crippen LogP) is 3.75. The number of halogens is 1. The van der Waals surface area contributed by atoms with Gasteiger partial charge in [-0.15, -0.1) is 0 Å². The third-order valence-corrected chi connectivity index (χ3v) is 4.81. The van der Waals surface area contributed by atoms with Crippen LogP contribution in [0.3, 0.4) is 0 Å². The van der Waals surface area contributed by atoms with Crippen molar-refractivity contribution in [3.05, 3.63) is 82.3 Å². The lowest BCUT2D eigenvalue weighted by molar-refractivity contribution is 0.118. The van der Waals surface area contributed by atoms with E-state index >= 15 is 0 Å². The van der Waals surface area contributed by atoms with Crippen LogP contribution in [0.25, 0.3) is 5.57 Å². The van der Waals surface area contributed by atoms with Crippen LogP contribution in [0, 0.1) is 18.2 Å². The van der Waals surface area contributed by atoms with Gasteiger partial charge in [-0.25, -0.2) is 4.39 Å². The Morgan fingerprint density at radius 1 is 1.23 bits per heavy atom. The van der Waals surface area contributed by atoms with Gasteiger partial charge in [0.1, 0.15) is 5.82 Å². The zero-order chi connectivity index (χ0) is 21.9. The van der Waals surface area contributed by atoms with E-state index in [1.54, 1.807) is 19.1 Å². The third-order valence-electron chi connectivity index (χ3n) is 4.81. The maximum atomic E-state index is 13.6. The zero-order valence-corrected chi connectivity index (χ0v) is 17.3. The molecular weight excluding hydrogens is 381 g/mol. The molecule has 0 amide bonds. The molecule has 0 unspecified atom stereocenters. The molecule has 6 N–H and O–H groups in total. The number of aliphatic hydroxyl groups is 1. The summed E-state index contributed by atoms with van der Waals surface area (Å²) in [4.78, 5) is 0. The molecule has 6 heteroatoms. The second-order valence-electron chi connectivity index (χ2n) is 7.06. The number of anilines is 1. The molecule has 0 aliphatic heterocycles. The topological polar surface area (TPSA) is 105 Å². The van der Waals surface area contributed by atoms with Crippen LogP contribution in [0.4, 0.5) is 10.1 Å². The predicted molar refractivity (Wildman–Crippen MR) is 121 cm³/mol. The summed E-state index contributed by atoms with van der Waals surface area (Å²) in [6, 6.07) is 8.96. The van der Waals surface area contributed by atoms with E-state index in [0.29, 0.717) is 49.3 Å². The first kappa shape index (κ1) is 23.3. The lowest BCUT2D eigenvalue weighted by Crippen LogP contribution is -2.07. The summed E-state index contributed by atoms with van der Waals surface area (Å²) in [6.07, 6.45) is 8.15. The van der Waals surface area contributed by atoms with Crippen LogP contribution in [0.1, 0.15) is 34.2 Å². The average Bonchev–Trinajstić information content (AvgIpc) is 2.74. The Morgan fingerprint density at radius 3 is 2.70 bits per heavy atom. The van der Waals surface area contributed by atoms with Crippen molar-refractivity contribution >= 4 is 17.5 Å². The number of nitrogens with two attached hydrogens (primary N) is 2. The monoisotopic (exact) mass is 411 g/mol. The first-order chi connectivity index (χ1) is 14.5. The largest absolute Gasteiger partial charge is 0.405 e. The summed E-state index contributed by atoms with van der Waals surface area (Å²) in [5.41, 5.74) is 17.4. The average molecular weight is 412 g/mol. The number of rotatable bonds is 11. The Balaban J connectivity index is 2.35. The van der Waals surface area contributed by atoms with Gasteiger partial charge < -0.3 is 26.7 Å². The van der Waals surface area contributed by atoms with E-state index in [2.05, 4.69) is 0 Å². The molecule has 0 aromatic heterocycles. The van der Waals surface area contributed by atoms with E-state index in [9.17, 15) is 4.39 Å². The normalized spacial score (nSPS) is 11.9. The van der Waals surface area contributed by atoms with Crippen molar-refractivity contribution in [2.45, 2.75) is 26.2 Å². The molecule has 30 heavy (non-hydrogen) atoms. The van der Waals surface area contributed by atoms with E-state index in [0.717, 1.165) is 22.3 Å². The van der Waals surface area contributed by atoms with Gasteiger partial charge in [0.15, 0.2) is 0 Å². The van der Waals surface area contributed by atoms with Crippen molar-refractivity contribution in [2.75, 3.05) is 25.6 Å². The van der Waals surface area contributed by atoms with E-state index < -0.39 is 0 Å². The van der Waals surface area contributed by atoms with Gasteiger partial charge in [0.25, 0.3) is 0 Å². The molecule has 0 aliphatic carbocycles. The number of hydrogen-bond acceptors (Lipinski definition) is 5. The highest BCUT2D eigenvalue weighted by atomic mass is 19.1. The number of hydrogen-bond donors (Lipinski definition) is 4. The van der Waals surface area contributed by atoms with E-state index in [4.69, 9.17) is 26.7 Å². The van der Waals surface area contributed by atoms with Gasteiger partial charge in [0.2, 0.25) is 0 Å². The van der Waals surface area contributed by atoms with Crippen molar-refractivity contribution < 1.29 is 14.2 Å². The van der Waals surface area contributed by atoms with Crippen molar-refractivity contribution in [3.8, 4) is 0 Å². The number of aryl methyl sites for hydroxylation is 1. The molecule has 0 bridgehead atoms. The third kappa shape index (κ3) is 6.54. The molecule has 2 rings (SSSR count). The summed E-state index contributed by atoms with van der Waals surface area (Å²) in [5, 5.41) is 16.6. The molecule has 0 aliphatic rings. The van der Waals surface area contributed by atoms with E-state index in [1.165, 1.54) is 18.5 Å². The Kier molecular flexibility index (Phi) is 9.25. The first-order valence-corrected chi connectivity index (χ1v) is 9.94. The lowest BCUT2D eigenvalue weighted by Gasteiger charge is -2.15. The molecule has 0 heterocycles. The highest BCUT2D eigenvalue weighted by molar-refractivity contribution is 5.88. The fourth-order valence-corrected chi connectivity index (χ4v) is 3.17. The molecule has 0 atom stereocenters. The van der Waals surface area contributed by atoms with Crippen LogP contribution in [0.5, 0.6) is 0 Å². The summed E-state index contributed by atoms with van der Waals surface area (Å²) < 4.78 is 19.2. The maximum Gasteiger partial charge on any atom is 0.126 e. The van der Waals surface area contributed by atoms with Crippen molar-refractivity contribution in [1.29, 1.82) is 5.41 Å². The second kappa shape index (κ2) is 11.9. The SMILES string of the molecule is Cc1cc(C/C(=C\C=C/N)c2cc(C=N)c(N)c(CCOCCCO)c2)ccc1F. The molecule has 0 fully saturated rings. The molecule has 0 saturated carbocycles. The molecule has 0 radical (unpaired) electrons. The first-order valence-electron chi connectivity index (χ1n) is 9.94. The Bertz CT molecular complexity index is 923. The van der Waals surface area contributed by atoms with Crippen molar-refractivity contribution in [3.63, 3.8) is 0 Å². The molecular formula is C24H30FN3O2. The van der Waals surface area contributed by atoms with Gasteiger partial charge in [-0.2, -0.15) is 0 Å². The van der Waals surface area contributed by atoms with Crippen LogP contribution < -0.4 is 11.5 Å². The van der Waals surface area contributed by atoms with Crippen LogP contribution in [-0.4, -0.2) is 31.1 Å². The number of nitrogens with one attached hydrogen (secondary N) is 1. The highest BCUT2D eigenvalue weighted by Crippen LogP contribution is 2.27. The van der Waals surface area contributed by atoms with Crippen molar-refractivity contribution in [2.24, 2.45) is 5.73 Å². The fourth-order valence-electron chi connectivity index (χ4n) is 3.17. The van der Waals surface area contributed by atoms with Crippen molar-refractivity contribution in [1.82, 2.24) is 0 Å². The van der Waals surface area contributed by atoms with Crippen LogP contribution in [-0.2, 0) is 17.6 Å². The Morgan fingerprint density at radius 2 is 2.03 bits per heavy atom. The van der Waals surface area contributed by atoms with Gasteiger partial charge in [0.05, 0.1) is 6.61 Å². The highest BCUT2D eigenvalue weighted by Gasteiger charge is 2.11. The van der Waals surface area contributed by atoms with Crippen LogP contribution >= 0.6 is 0 Å². The summed E-state index contributed by atoms with van der Waals surface area (Å²) >= 11 is 0. The second-order valence-corrected chi connectivity index (χ2v) is 7.06. The zero-order valence-electron chi connectivity index (χ0n) is 17.3. The molecule has 2 aromatic rings. The summed E-state index contributed by atoms with van der Waals surface area (Å²) in [6.45, 7) is 2.81. The molecule has 5 nitrogen and oxygen atoms in total. The number of benzene rings is 2.